The lowest BCUT2D eigenvalue weighted by atomic mass is 10.1. The van der Waals surface area contributed by atoms with Crippen molar-refractivity contribution in [2.45, 2.75) is 6.54 Å². The molecule has 98 valence electrons. The number of phenolic OH excluding ortho intramolecular Hbond substituents is 1. The van der Waals surface area contributed by atoms with Crippen molar-refractivity contribution in [3.8, 4) is 5.75 Å². The van der Waals surface area contributed by atoms with Gasteiger partial charge in [-0.2, -0.15) is 0 Å². The Morgan fingerprint density at radius 1 is 1.37 bits per heavy atom. The summed E-state index contributed by atoms with van der Waals surface area (Å²) in [6.45, 7) is 0.398. The molecule has 0 atom stereocenters. The molecule has 0 saturated heterocycles. The monoisotopic (exact) mass is 320 g/mol. The summed E-state index contributed by atoms with van der Waals surface area (Å²) >= 11 is 3.24. The standard InChI is InChI=1S/C14H13BrN2O2/c1-17(9-11-4-2-3-7-16-11)14(19)12-6-5-10(15)8-13(12)18/h2-8,18H,9H2,1H3. The van der Waals surface area contributed by atoms with Gasteiger partial charge in [0.25, 0.3) is 5.91 Å². The molecule has 0 unspecified atom stereocenters. The predicted octanol–water partition coefficient (Wildman–Crippen LogP) is 2.82. The molecule has 19 heavy (non-hydrogen) atoms. The molecule has 0 radical (unpaired) electrons. The number of phenols is 1. The number of amides is 1. The summed E-state index contributed by atoms with van der Waals surface area (Å²) < 4.78 is 0.730. The van der Waals surface area contributed by atoms with Crippen molar-refractivity contribution in [2.75, 3.05) is 7.05 Å². The van der Waals surface area contributed by atoms with Gasteiger partial charge in [0.15, 0.2) is 0 Å². The molecule has 2 rings (SSSR count). The number of hydrogen-bond acceptors (Lipinski definition) is 3. The normalized spacial score (nSPS) is 10.2. The summed E-state index contributed by atoms with van der Waals surface area (Å²) in [6, 6.07) is 10.4. The molecule has 0 fully saturated rings. The topological polar surface area (TPSA) is 53.4 Å². The van der Waals surface area contributed by atoms with E-state index in [1.807, 2.05) is 18.2 Å². The van der Waals surface area contributed by atoms with Crippen LogP contribution in [0.15, 0.2) is 47.1 Å². The summed E-state index contributed by atoms with van der Waals surface area (Å²) in [7, 11) is 1.68. The van der Waals surface area contributed by atoms with Crippen LogP contribution in [0.1, 0.15) is 16.1 Å². The van der Waals surface area contributed by atoms with Crippen LogP contribution >= 0.6 is 15.9 Å². The molecule has 0 spiro atoms. The molecule has 1 heterocycles. The average Bonchev–Trinajstić information content (AvgIpc) is 2.39. The van der Waals surface area contributed by atoms with E-state index in [2.05, 4.69) is 20.9 Å². The molecule has 4 nitrogen and oxygen atoms in total. The highest BCUT2D eigenvalue weighted by Crippen LogP contribution is 2.23. The van der Waals surface area contributed by atoms with Gasteiger partial charge in [0.05, 0.1) is 17.8 Å². The number of aromatic nitrogens is 1. The molecular formula is C14H13BrN2O2. The van der Waals surface area contributed by atoms with Crippen molar-refractivity contribution < 1.29 is 9.90 Å². The molecule has 1 aromatic heterocycles. The van der Waals surface area contributed by atoms with Crippen molar-refractivity contribution >= 4 is 21.8 Å². The first-order valence-corrected chi connectivity index (χ1v) is 6.51. The van der Waals surface area contributed by atoms with Crippen molar-refractivity contribution in [3.05, 3.63) is 58.3 Å². The molecular weight excluding hydrogens is 308 g/mol. The molecule has 0 aliphatic heterocycles. The molecule has 0 aliphatic rings. The van der Waals surface area contributed by atoms with Crippen LogP contribution in [0.2, 0.25) is 0 Å². The van der Waals surface area contributed by atoms with E-state index in [1.54, 1.807) is 25.4 Å². The minimum atomic E-state index is -0.240. The van der Waals surface area contributed by atoms with Crippen LogP contribution in [0.5, 0.6) is 5.75 Å². The van der Waals surface area contributed by atoms with Crippen LogP contribution in [0, 0.1) is 0 Å². The number of aromatic hydroxyl groups is 1. The van der Waals surface area contributed by atoms with Crippen LogP contribution in [0.4, 0.5) is 0 Å². The SMILES string of the molecule is CN(Cc1ccccn1)C(=O)c1ccc(Br)cc1O. The number of hydrogen-bond donors (Lipinski definition) is 1. The predicted molar refractivity (Wildman–Crippen MR) is 75.8 cm³/mol. The van der Waals surface area contributed by atoms with Crippen molar-refractivity contribution in [1.29, 1.82) is 0 Å². The van der Waals surface area contributed by atoms with Gasteiger partial charge in [-0.1, -0.05) is 22.0 Å². The lowest BCUT2D eigenvalue weighted by molar-refractivity contribution is 0.0780. The van der Waals surface area contributed by atoms with Gasteiger partial charge >= 0.3 is 0 Å². The Morgan fingerprint density at radius 2 is 2.16 bits per heavy atom. The number of carbonyl (C=O) groups is 1. The minimum absolute atomic E-state index is 0.0350. The zero-order chi connectivity index (χ0) is 13.8. The first-order chi connectivity index (χ1) is 9.08. The Morgan fingerprint density at radius 3 is 2.79 bits per heavy atom. The fraction of sp³-hybridized carbons (Fsp3) is 0.143. The van der Waals surface area contributed by atoms with Crippen LogP contribution in [0.25, 0.3) is 0 Å². The molecule has 0 saturated carbocycles. The van der Waals surface area contributed by atoms with Gasteiger partial charge in [0, 0.05) is 17.7 Å². The largest absolute Gasteiger partial charge is 0.507 e. The van der Waals surface area contributed by atoms with Gasteiger partial charge in [0.2, 0.25) is 0 Å². The Kier molecular flexibility index (Phi) is 4.16. The van der Waals surface area contributed by atoms with Gasteiger partial charge in [-0.15, -0.1) is 0 Å². The number of carbonyl (C=O) groups excluding carboxylic acids is 1. The van der Waals surface area contributed by atoms with E-state index in [9.17, 15) is 9.90 Å². The molecule has 1 N–H and O–H groups in total. The van der Waals surface area contributed by atoms with Crippen molar-refractivity contribution in [2.24, 2.45) is 0 Å². The number of nitrogens with zero attached hydrogens (tertiary/aromatic N) is 2. The van der Waals surface area contributed by atoms with E-state index in [0.717, 1.165) is 10.2 Å². The van der Waals surface area contributed by atoms with E-state index in [4.69, 9.17) is 0 Å². The smallest absolute Gasteiger partial charge is 0.257 e. The van der Waals surface area contributed by atoms with Gasteiger partial charge in [-0.05, 0) is 30.3 Å². The molecule has 0 bridgehead atoms. The van der Waals surface area contributed by atoms with E-state index in [0.29, 0.717) is 6.54 Å². The van der Waals surface area contributed by atoms with Crippen LogP contribution in [-0.2, 0) is 6.54 Å². The number of benzene rings is 1. The maximum atomic E-state index is 12.2. The third-order valence-electron chi connectivity index (χ3n) is 2.66. The van der Waals surface area contributed by atoms with Crippen LogP contribution < -0.4 is 0 Å². The first kappa shape index (κ1) is 13.5. The minimum Gasteiger partial charge on any atom is -0.507 e. The average molecular weight is 321 g/mol. The quantitative estimate of drug-likeness (QED) is 0.946. The highest BCUT2D eigenvalue weighted by molar-refractivity contribution is 9.10. The molecule has 1 amide bonds. The number of pyridine rings is 1. The fourth-order valence-corrected chi connectivity index (χ4v) is 2.05. The third kappa shape index (κ3) is 3.32. The van der Waals surface area contributed by atoms with Gasteiger partial charge in [-0.25, -0.2) is 0 Å². The van der Waals surface area contributed by atoms with Gasteiger partial charge in [-0.3, -0.25) is 9.78 Å². The van der Waals surface area contributed by atoms with Crippen molar-refractivity contribution in [3.63, 3.8) is 0 Å². The first-order valence-electron chi connectivity index (χ1n) is 5.72. The molecule has 2 aromatic rings. The Hall–Kier alpha value is -1.88. The number of rotatable bonds is 3. The number of halogens is 1. The van der Waals surface area contributed by atoms with E-state index in [1.165, 1.54) is 11.0 Å². The zero-order valence-electron chi connectivity index (χ0n) is 10.4. The highest BCUT2D eigenvalue weighted by Gasteiger charge is 2.16. The third-order valence-corrected chi connectivity index (χ3v) is 3.16. The van der Waals surface area contributed by atoms with E-state index < -0.39 is 0 Å². The highest BCUT2D eigenvalue weighted by atomic mass is 79.9. The lowest BCUT2D eigenvalue weighted by Crippen LogP contribution is -2.26. The Labute approximate surface area is 119 Å². The Bertz CT molecular complexity index is 587. The maximum Gasteiger partial charge on any atom is 0.257 e. The lowest BCUT2D eigenvalue weighted by Gasteiger charge is -2.17. The Balaban J connectivity index is 2.15. The second kappa shape index (κ2) is 5.84. The van der Waals surface area contributed by atoms with Crippen molar-refractivity contribution in [1.82, 2.24) is 9.88 Å². The summed E-state index contributed by atoms with van der Waals surface area (Å²) in [4.78, 5) is 17.9. The van der Waals surface area contributed by atoms with Gasteiger partial charge in [0.1, 0.15) is 5.75 Å². The second-order valence-electron chi connectivity index (χ2n) is 4.14. The maximum absolute atomic E-state index is 12.2. The van der Waals surface area contributed by atoms with Crippen LogP contribution in [-0.4, -0.2) is 27.9 Å². The zero-order valence-corrected chi connectivity index (χ0v) is 12.0. The second-order valence-corrected chi connectivity index (χ2v) is 5.06. The van der Waals surface area contributed by atoms with E-state index in [-0.39, 0.29) is 17.2 Å². The van der Waals surface area contributed by atoms with Crippen LogP contribution in [0.3, 0.4) is 0 Å². The van der Waals surface area contributed by atoms with Gasteiger partial charge < -0.3 is 10.0 Å². The van der Waals surface area contributed by atoms with E-state index >= 15 is 0 Å². The molecule has 0 aliphatic carbocycles. The summed E-state index contributed by atoms with van der Waals surface area (Å²) in [6.07, 6.45) is 1.69. The summed E-state index contributed by atoms with van der Waals surface area (Å²) in [5.41, 5.74) is 1.08. The molecule has 5 heteroatoms. The summed E-state index contributed by atoms with van der Waals surface area (Å²) in [5, 5.41) is 9.78. The fourth-order valence-electron chi connectivity index (χ4n) is 1.70. The summed E-state index contributed by atoms with van der Waals surface area (Å²) in [5.74, 6) is -0.275. The molecule has 1 aromatic carbocycles.